The molecule has 1 unspecified atom stereocenters. The Morgan fingerprint density at radius 3 is 1.82 bits per heavy atom. The molecule has 2 heterocycles. The summed E-state index contributed by atoms with van der Waals surface area (Å²) in [6, 6.07) is 0. The molecular formula is C21H49N3O4. The first-order chi connectivity index (χ1) is 13.2. The average molecular weight is 408 g/mol. The summed E-state index contributed by atoms with van der Waals surface area (Å²) >= 11 is 0. The van der Waals surface area contributed by atoms with Gasteiger partial charge in [0.1, 0.15) is 12.5 Å². The van der Waals surface area contributed by atoms with Crippen LogP contribution in [0.15, 0.2) is 4.99 Å². The molecule has 2 saturated heterocycles. The molecule has 2 aliphatic heterocycles. The van der Waals surface area contributed by atoms with Gasteiger partial charge in [-0.2, -0.15) is 0 Å². The summed E-state index contributed by atoms with van der Waals surface area (Å²) < 4.78 is 15.3. The molecular weight excluding hydrogens is 358 g/mol. The second kappa shape index (κ2) is 24.5. The monoisotopic (exact) mass is 407 g/mol. The lowest BCUT2D eigenvalue weighted by Crippen LogP contribution is -2.54. The van der Waals surface area contributed by atoms with Gasteiger partial charge in [-0.05, 0) is 46.5 Å². The molecule has 2 atom stereocenters. The summed E-state index contributed by atoms with van der Waals surface area (Å²) in [6.45, 7) is 17.7. The Hall–Kier alpha value is -0.570. The van der Waals surface area contributed by atoms with Crippen LogP contribution >= 0.6 is 0 Å². The zero-order valence-electron chi connectivity index (χ0n) is 20.2. The van der Waals surface area contributed by atoms with Gasteiger partial charge < -0.3 is 24.3 Å². The molecule has 2 fully saturated rings. The van der Waals surface area contributed by atoms with Gasteiger partial charge in [0, 0.05) is 13.6 Å². The number of rotatable bonds is 1. The predicted molar refractivity (Wildman–Crippen MR) is 120 cm³/mol. The maximum Gasteiger partial charge on any atom is 0.154 e. The number of nitrogens with zero attached hydrogens (tertiary/aromatic N) is 2. The Balaban J connectivity index is -0.000000305. The molecule has 0 radical (unpaired) electrons. The highest BCUT2D eigenvalue weighted by atomic mass is 16.7. The fourth-order valence-electron chi connectivity index (χ4n) is 1.61. The van der Waals surface area contributed by atoms with Crippen LogP contribution in [0.2, 0.25) is 0 Å². The van der Waals surface area contributed by atoms with Gasteiger partial charge >= 0.3 is 0 Å². The smallest absolute Gasteiger partial charge is 0.154 e. The highest BCUT2D eigenvalue weighted by Crippen LogP contribution is 2.06. The molecule has 2 N–H and O–H groups in total. The van der Waals surface area contributed by atoms with Crippen molar-refractivity contribution in [3.05, 3.63) is 0 Å². The van der Waals surface area contributed by atoms with Crippen LogP contribution < -0.4 is 5.32 Å². The zero-order valence-corrected chi connectivity index (χ0v) is 20.2. The number of aliphatic imine (C=N–C) groups is 1. The minimum atomic E-state index is -0.515. The van der Waals surface area contributed by atoms with Crippen LogP contribution in [0.25, 0.3) is 0 Å². The van der Waals surface area contributed by atoms with Crippen molar-refractivity contribution in [2.45, 2.75) is 80.1 Å². The Labute approximate surface area is 174 Å². The van der Waals surface area contributed by atoms with E-state index in [2.05, 4.69) is 44.9 Å². The van der Waals surface area contributed by atoms with Gasteiger partial charge in [0.15, 0.2) is 6.29 Å². The summed E-state index contributed by atoms with van der Waals surface area (Å²) in [4.78, 5) is 5.46. The molecule has 0 amide bonds. The van der Waals surface area contributed by atoms with Crippen molar-refractivity contribution in [3.8, 4) is 0 Å². The lowest BCUT2D eigenvalue weighted by Gasteiger charge is -2.34. The van der Waals surface area contributed by atoms with Crippen molar-refractivity contribution >= 4 is 6.21 Å². The number of hydrogen-bond donors (Lipinski definition) is 2. The van der Waals surface area contributed by atoms with Crippen LogP contribution in [-0.4, -0.2) is 82.5 Å². The first-order valence-electron chi connectivity index (χ1n) is 10.5. The van der Waals surface area contributed by atoms with Crippen LogP contribution in [0.1, 0.15) is 61.3 Å². The van der Waals surface area contributed by atoms with E-state index in [1.165, 1.54) is 6.42 Å². The highest BCUT2D eigenvalue weighted by molar-refractivity contribution is 5.52. The summed E-state index contributed by atoms with van der Waals surface area (Å²) in [7, 11) is 5.39. The molecule has 172 valence electrons. The van der Waals surface area contributed by atoms with Gasteiger partial charge in [0.25, 0.3) is 0 Å². The molecule has 0 aromatic rings. The standard InChI is InChI=1S/C6H14N2O2.C5H10O2.C4H10.C3H7N.C3H8/c1-7-5-6(9)8(2)3-4-10-5;1-5-6-3-2-4-7-5;1-4(2)3;1-3-4-2;1-3-2/h5-7,9H,3-4H2,1-2H3;5H,2-4H2,1H3;4H,1-3H3;3H,1-2H3;3H2,1-2H3/t5?,6-;;;;/m0..../s1. The van der Waals surface area contributed by atoms with Gasteiger partial charge in [0.05, 0.1) is 19.8 Å². The Morgan fingerprint density at radius 2 is 1.57 bits per heavy atom. The van der Waals surface area contributed by atoms with Crippen molar-refractivity contribution in [1.82, 2.24) is 10.2 Å². The molecule has 0 aliphatic carbocycles. The van der Waals surface area contributed by atoms with E-state index in [0.717, 1.165) is 32.1 Å². The fourth-order valence-corrected chi connectivity index (χ4v) is 1.61. The summed E-state index contributed by atoms with van der Waals surface area (Å²) in [5, 5.41) is 12.2. The third kappa shape index (κ3) is 25.4. The Kier molecular flexibility index (Phi) is 28.1. The quantitative estimate of drug-likeness (QED) is 0.649. The molecule has 0 spiro atoms. The maximum absolute atomic E-state index is 9.38. The van der Waals surface area contributed by atoms with E-state index in [4.69, 9.17) is 14.2 Å². The molecule has 28 heavy (non-hydrogen) atoms. The van der Waals surface area contributed by atoms with Crippen molar-refractivity contribution in [1.29, 1.82) is 0 Å². The number of aliphatic hydroxyl groups excluding tert-OH is 1. The predicted octanol–water partition coefficient (Wildman–Crippen LogP) is 3.37. The van der Waals surface area contributed by atoms with Gasteiger partial charge in [-0.15, -0.1) is 0 Å². The van der Waals surface area contributed by atoms with Crippen molar-refractivity contribution in [2.75, 3.05) is 47.5 Å². The SMILES string of the molecule is CC(C)C.CC1OCCCO1.CC=NC.CCC.CNC1OCCN(C)[C@H]1O. The number of morpholine rings is 1. The molecule has 7 nitrogen and oxygen atoms in total. The van der Waals surface area contributed by atoms with Gasteiger partial charge in [-0.25, -0.2) is 0 Å². The lowest BCUT2D eigenvalue weighted by molar-refractivity contribution is -0.167. The average Bonchev–Trinajstić information content (AvgIpc) is 2.65. The van der Waals surface area contributed by atoms with E-state index in [1.807, 2.05) is 25.8 Å². The number of hydrogen-bond acceptors (Lipinski definition) is 7. The minimum Gasteiger partial charge on any atom is -0.374 e. The van der Waals surface area contributed by atoms with Crippen LogP contribution in [-0.2, 0) is 14.2 Å². The minimum absolute atomic E-state index is 0.0359. The number of aliphatic hydroxyl groups is 1. The van der Waals surface area contributed by atoms with Crippen molar-refractivity contribution < 1.29 is 19.3 Å². The van der Waals surface area contributed by atoms with Gasteiger partial charge in [-0.1, -0.05) is 41.0 Å². The third-order valence-electron chi connectivity index (χ3n) is 3.00. The van der Waals surface area contributed by atoms with Crippen LogP contribution in [0, 0.1) is 5.92 Å². The first kappa shape index (κ1) is 32.1. The number of likely N-dealkylation sites (N-methyl/N-ethyl adjacent to an activating group) is 2. The van der Waals surface area contributed by atoms with Gasteiger partial charge in [0.2, 0.25) is 0 Å². The van der Waals surface area contributed by atoms with Crippen molar-refractivity contribution in [3.63, 3.8) is 0 Å². The van der Waals surface area contributed by atoms with Crippen LogP contribution in [0.3, 0.4) is 0 Å². The highest BCUT2D eigenvalue weighted by Gasteiger charge is 2.26. The van der Waals surface area contributed by atoms with Gasteiger partial charge in [-0.3, -0.25) is 10.2 Å². The normalized spacial score (nSPS) is 22.6. The topological polar surface area (TPSA) is 75.5 Å². The Bertz CT molecular complexity index is 305. The second-order valence-electron chi connectivity index (χ2n) is 7.09. The molecule has 7 heteroatoms. The van der Waals surface area contributed by atoms with E-state index in [-0.39, 0.29) is 12.5 Å². The molecule has 0 aromatic heterocycles. The fraction of sp³-hybridized carbons (Fsp3) is 0.952. The first-order valence-corrected chi connectivity index (χ1v) is 10.5. The number of ether oxygens (including phenoxy) is 3. The van der Waals surface area contributed by atoms with Crippen molar-refractivity contribution in [2.24, 2.45) is 10.9 Å². The number of nitrogens with one attached hydrogen (secondary N) is 1. The van der Waals surface area contributed by atoms with E-state index in [0.29, 0.717) is 6.61 Å². The molecule has 0 saturated carbocycles. The summed E-state index contributed by atoms with van der Waals surface area (Å²) in [5.74, 6) is 0.833. The molecule has 2 rings (SSSR count). The molecule has 2 aliphatic rings. The lowest BCUT2D eigenvalue weighted by atomic mass is 10.3. The van der Waals surface area contributed by atoms with E-state index < -0.39 is 6.23 Å². The van der Waals surface area contributed by atoms with Crippen LogP contribution in [0.4, 0.5) is 0 Å². The maximum atomic E-state index is 9.38. The largest absolute Gasteiger partial charge is 0.374 e. The summed E-state index contributed by atoms with van der Waals surface area (Å²) in [6.07, 6.45) is 3.33. The Morgan fingerprint density at radius 1 is 1.14 bits per heavy atom. The van der Waals surface area contributed by atoms with Crippen LogP contribution in [0.5, 0.6) is 0 Å². The van der Waals surface area contributed by atoms with E-state index in [1.54, 1.807) is 20.3 Å². The third-order valence-corrected chi connectivity index (χ3v) is 3.00. The summed E-state index contributed by atoms with van der Waals surface area (Å²) in [5.41, 5.74) is 0. The molecule has 0 aromatic carbocycles. The second-order valence-corrected chi connectivity index (χ2v) is 7.09. The zero-order chi connectivity index (χ0) is 22.4. The van der Waals surface area contributed by atoms with E-state index in [9.17, 15) is 5.11 Å². The van der Waals surface area contributed by atoms with E-state index >= 15 is 0 Å². The molecule has 0 bridgehead atoms.